The summed E-state index contributed by atoms with van der Waals surface area (Å²) in [5, 5.41) is 10.8. The number of imidazole rings is 1. The summed E-state index contributed by atoms with van der Waals surface area (Å²) in [5.41, 5.74) is 1.55. The highest BCUT2D eigenvalue weighted by molar-refractivity contribution is 5.92. The SMILES string of the molecule is Cc1cnc(C(C)(C)NC(=O)c2nnc3ccccc3n2)[nH]1. The Morgan fingerprint density at radius 1 is 1.18 bits per heavy atom. The number of para-hydroxylation sites is 1. The predicted octanol–water partition coefficient (Wildman–Crippen LogP) is 1.72. The van der Waals surface area contributed by atoms with Crippen LogP contribution in [0.15, 0.2) is 30.5 Å². The molecule has 1 amide bonds. The van der Waals surface area contributed by atoms with Gasteiger partial charge >= 0.3 is 0 Å². The largest absolute Gasteiger partial charge is 0.344 e. The Labute approximate surface area is 127 Å². The van der Waals surface area contributed by atoms with Crippen molar-refractivity contribution in [2.45, 2.75) is 26.3 Å². The lowest BCUT2D eigenvalue weighted by Gasteiger charge is -2.23. The molecular weight excluding hydrogens is 280 g/mol. The van der Waals surface area contributed by atoms with Crippen molar-refractivity contribution in [1.29, 1.82) is 0 Å². The van der Waals surface area contributed by atoms with Crippen LogP contribution in [-0.2, 0) is 5.54 Å². The summed E-state index contributed by atoms with van der Waals surface area (Å²) in [6.07, 6.45) is 1.72. The minimum Gasteiger partial charge on any atom is -0.344 e. The molecule has 0 spiro atoms. The third-order valence-corrected chi connectivity index (χ3v) is 3.28. The highest BCUT2D eigenvalue weighted by Crippen LogP contribution is 2.17. The quantitative estimate of drug-likeness (QED) is 0.767. The number of nitrogens with one attached hydrogen (secondary N) is 2. The lowest BCUT2D eigenvalue weighted by molar-refractivity contribution is 0.0897. The van der Waals surface area contributed by atoms with Gasteiger partial charge in [-0.3, -0.25) is 4.79 Å². The molecule has 0 saturated carbocycles. The van der Waals surface area contributed by atoms with Gasteiger partial charge in [-0.05, 0) is 32.9 Å². The predicted molar refractivity (Wildman–Crippen MR) is 81.1 cm³/mol. The maximum Gasteiger partial charge on any atom is 0.291 e. The Bertz CT molecular complexity index is 839. The lowest BCUT2D eigenvalue weighted by Crippen LogP contribution is -2.42. The lowest BCUT2D eigenvalue weighted by atomic mass is 10.1. The Hall–Kier alpha value is -2.83. The first-order valence-corrected chi connectivity index (χ1v) is 6.90. The standard InChI is InChI=1S/C15H16N6O/c1-9-8-16-14(17-9)15(2,3)19-13(22)12-18-10-6-4-5-7-11(10)20-21-12/h4-8H,1-3H3,(H,16,17)(H,19,22). The number of fused-ring (bicyclic) bond motifs is 1. The van der Waals surface area contributed by atoms with E-state index in [1.54, 1.807) is 18.3 Å². The number of hydrogen-bond donors (Lipinski definition) is 2. The van der Waals surface area contributed by atoms with Crippen molar-refractivity contribution < 1.29 is 4.79 Å². The number of aryl methyl sites for hydroxylation is 1. The molecule has 7 nitrogen and oxygen atoms in total. The van der Waals surface area contributed by atoms with Crippen LogP contribution in [0.4, 0.5) is 0 Å². The van der Waals surface area contributed by atoms with Crippen molar-refractivity contribution in [1.82, 2.24) is 30.5 Å². The van der Waals surface area contributed by atoms with Crippen molar-refractivity contribution in [3.8, 4) is 0 Å². The van der Waals surface area contributed by atoms with Gasteiger partial charge in [0.05, 0.1) is 11.1 Å². The molecule has 22 heavy (non-hydrogen) atoms. The van der Waals surface area contributed by atoms with Crippen LogP contribution in [0.5, 0.6) is 0 Å². The van der Waals surface area contributed by atoms with E-state index in [9.17, 15) is 4.79 Å². The van der Waals surface area contributed by atoms with E-state index in [-0.39, 0.29) is 5.82 Å². The van der Waals surface area contributed by atoms with Gasteiger partial charge in [0.1, 0.15) is 11.3 Å². The number of amides is 1. The third-order valence-electron chi connectivity index (χ3n) is 3.28. The van der Waals surface area contributed by atoms with Crippen LogP contribution in [-0.4, -0.2) is 31.1 Å². The minimum atomic E-state index is -0.666. The second-order valence-electron chi connectivity index (χ2n) is 5.62. The molecule has 0 aliphatic carbocycles. The Balaban J connectivity index is 1.86. The van der Waals surface area contributed by atoms with Crippen molar-refractivity contribution in [3.05, 3.63) is 47.8 Å². The number of benzene rings is 1. The second kappa shape index (κ2) is 5.18. The molecule has 0 aliphatic heterocycles. The van der Waals surface area contributed by atoms with Gasteiger partial charge in [-0.15, -0.1) is 10.2 Å². The average molecular weight is 296 g/mol. The Kier molecular flexibility index (Phi) is 3.32. The van der Waals surface area contributed by atoms with Crippen LogP contribution < -0.4 is 5.32 Å². The van der Waals surface area contributed by atoms with Gasteiger partial charge in [0.25, 0.3) is 5.91 Å². The summed E-state index contributed by atoms with van der Waals surface area (Å²) in [6.45, 7) is 5.63. The molecule has 0 radical (unpaired) electrons. The van der Waals surface area contributed by atoms with Gasteiger partial charge in [-0.1, -0.05) is 12.1 Å². The smallest absolute Gasteiger partial charge is 0.291 e. The minimum absolute atomic E-state index is 0.0371. The molecule has 2 N–H and O–H groups in total. The van der Waals surface area contributed by atoms with E-state index in [4.69, 9.17) is 0 Å². The first kappa shape index (κ1) is 14.1. The summed E-state index contributed by atoms with van der Waals surface area (Å²) in [4.78, 5) is 24.0. The molecule has 0 bridgehead atoms. The van der Waals surface area contributed by atoms with Crippen molar-refractivity contribution in [3.63, 3.8) is 0 Å². The molecule has 7 heteroatoms. The monoisotopic (exact) mass is 296 g/mol. The van der Waals surface area contributed by atoms with E-state index in [2.05, 4.69) is 30.5 Å². The topological polar surface area (TPSA) is 96.5 Å². The number of aromatic amines is 1. The van der Waals surface area contributed by atoms with Crippen molar-refractivity contribution in [2.24, 2.45) is 0 Å². The highest BCUT2D eigenvalue weighted by atomic mass is 16.2. The summed E-state index contributed by atoms with van der Waals surface area (Å²) in [6, 6.07) is 7.28. The van der Waals surface area contributed by atoms with E-state index >= 15 is 0 Å². The van der Waals surface area contributed by atoms with E-state index in [1.807, 2.05) is 32.9 Å². The number of hydrogen-bond acceptors (Lipinski definition) is 5. The summed E-state index contributed by atoms with van der Waals surface area (Å²) in [5.74, 6) is 0.319. The van der Waals surface area contributed by atoms with E-state index in [0.29, 0.717) is 16.9 Å². The summed E-state index contributed by atoms with van der Waals surface area (Å²) < 4.78 is 0. The van der Waals surface area contributed by atoms with E-state index < -0.39 is 11.4 Å². The van der Waals surface area contributed by atoms with Gasteiger partial charge in [0.2, 0.25) is 5.82 Å². The second-order valence-corrected chi connectivity index (χ2v) is 5.62. The average Bonchev–Trinajstić information content (AvgIpc) is 2.94. The molecule has 0 saturated heterocycles. The number of H-pyrrole nitrogens is 1. The molecule has 112 valence electrons. The Morgan fingerprint density at radius 2 is 1.91 bits per heavy atom. The normalized spacial score (nSPS) is 11.6. The maximum atomic E-state index is 12.4. The molecule has 2 aromatic heterocycles. The first-order valence-electron chi connectivity index (χ1n) is 6.90. The zero-order chi connectivity index (χ0) is 15.7. The zero-order valence-corrected chi connectivity index (χ0v) is 12.6. The number of nitrogens with zero attached hydrogens (tertiary/aromatic N) is 4. The molecule has 0 aliphatic rings. The van der Waals surface area contributed by atoms with E-state index in [0.717, 1.165) is 5.69 Å². The maximum absolute atomic E-state index is 12.4. The van der Waals surface area contributed by atoms with Crippen molar-refractivity contribution >= 4 is 16.9 Å². The van der Waals surface area contributed by atoms with Crippen LogP contribution in [0.25, 0.3) is 11.0 Å². The van der Waals surface area contributed by atoms with Gasteiger partial charge in [-0.2, -0.15) is 0 Å². The molecule has 0 fully saturated rings. The van der Waals surface area contributed by atoms with E-state index in [1.165, 1.54) is 0 Å². The molecule has 1 aromatic carbocycles. The van der Waals surface area contributed by atoms with Crippen LogP contribution in [0.3, 0.4) is 0 Å². The fraction of sp³-hybridized carbons (Fsp3) is 0.267. The van der Waals surface area contributed by atoms with Gasteiger partial charge in [0, 0.05) is 11.9 Å². The number of carbonyl (C=O) groups is 1. The molecule has 3 aromatic rings. The van der Waals surface area contributed by atoms with Crippen LogP contribution in [0.1, 0.15) is 36.0 Å². The third kappa shape index (κ3) is 2.65. The molecule has 3 rings (SSSR count). The van der Waals surface area contributed by atoms with Gasteiger partial charge < -0.3 is 10.3 Å². The van der Waals surface area contributed by atoms with Crippen LogP contribution in [0.2, 0.25) is 0 Å². The van der Waals surface area contributed by atoms with Gasteiger partial charge in [-0.25, -0.2) is 9.97 Å². The molecule has 2 heterocycles. The van der Waals surface area contributed by atoms with Crippen LogP contribution in [0, 0.1) is 6.92 Å². The van der Waals surface area contributed by atoms with Gasteiger partial charge in [0.15, 0.2) is 0 Å². The highest BCUT2D eigenvalue weighted by Gasteiger charge is 2.27. The number of aromatic nitrogens is 5. The summed E-state index contributed by atoms with van der Waals surface area (Å²) >= 11 is 0. The number of carbonyl (C=O) groups excluding carboxylic acids is 1. The zero-order valence-electron chi connectivity index (χ0n) is 12.6. The van der Waals surface area contributed by atoms with Crippen molar-refractivity contribution in [2.75, 3.05) is 0 Å². The Morgan fingerprint density at radius 3 is 2.59 bits per heavy atom. The molecule has 0 unspecified atom stereocenters. The fourth-order valence-electron chi connectivity index (χ4n) is 2.11. The van der Waals surface area contributed by atoms with Crippen LogP contribution >= 0.6 is 0 Å². The first-order chi connectivity index (χ1) is 10.5. The molecular formula is C15H16N6O. The number of rotatable bonds is 3. The summed E-state index contributed by atoms with van der Waals surface area (Å²) in [7, 11) is 0. The fourth-order valence-corrected chi connectivity index (χ4v) is 2.11. The molecule has 0 atom stereocenters.